The normalized spacial score (nSPS) is 15.5. The maximum absolute atomic E-state index is 14.1. The second kappa shape index (κ2) is 8.52. The highest BCUT2D eigenvalue weighted by Crippen LogP contribution is 2.25. The number of rotatable bonds is 4. The zero-order valence-corrected chi connectivity index (χ0v) is 19.0. The molecule has 0 atom stereocenters. The Morgan fingerprint density at radius 2 is 1.73 bits per heavy atom. The molecule has 0 bridgehead atoms. The third-order valence-electron chi connectivity index (χ3n) is 5.61. The maximum atomic E-state index is 14.1. The van der Waals surface area contributed by atoms with E-state index in [1.807, 2.05) is 24.8 Å². The van der Waals surface area contributed by atoms with Crippen LogP contribution in [0.2, 0.25) is 5.02 Å². The van der Waals surface area contributed by atoms with Crippen molar-refractivity contribution in [2.45, 2.75) is 40.2 Å². The van der Waals surface area contributed by atoms with E-state index in [0.29, 0.717) is 32.7 Å². The quantitative estimate of drug-likeness (QED) is 0.675. The van der Waals surface area contributed by atoms with Gasteiger partial charge < -0.3 is 9.47 Å². The lowest BCUT2D eigenvalue weighted by molar-refractivity contribution is 0.0620. The van der Waals surface area contributed by atoms with Crippen LogP contribution >= 0.6 is 11.6 Å². The molecule has 1 aliphatic rings. The van der Waals surface area contributed by atoms with Gasteiger partial charge in [-0.3, -0.25) is 14.5 Å². The van der Waals surface area contributed by atoms with Gasteiger partial charge in [0, 0.05) is 48.7 Å². The molecule has 2 aromatic rings. The monoisotopic (exact) mass is 433 g/mol. The molecule has 0 unspecified atom stereocenters. The first-order valence-electron chi connectivity index (χ1n) is 10.2. The number of piperazine rings is 1. The molecule has 0 N–H and O–H groups in total. The summed E-state index contributed by atoms with van der Waals surface area (Å²) in [6.45, 7) is 12.7. The number of amides is 1. The molecule has 2 heterocycles. The lowest BCUT2D eigenvalue weighted by Gasteiger charge is -2.34. The van der Waals surface area contributed by atoms with Crippen LogP contribution in [-0.2, 0) is 5.54 Å². The number of Topliss-reactive ketones (excluding diaryl/α,β-unsaturated/α-hetero) is 1. The van der Waals surface area contributed by atoms with Gasteiger partial charge in [-0.25, -0.2) is 4.39 Å². The molecular weight excluding hydrogens is 405 g/mol. The van der Waals surface area contributed by atoms with Gasteiger partial charge in [-0.2, -0.15) is 0 Å². The molecule has 3 rings (SSSR count). The van der Waals surface area contributed by atoms with E-state index in [-0.39, 0.29) is 21.9 Å². The van der Waals surface area contributed by atoms with Crippen LogP contribution in [0.5, 0.6) is 0 Å². The van der Waals surface area contributed by atoms with Crippen molar-refractivity contribution in [1.29, 1.82) is 0 Å². The molecule has 7 heteroatoms. The van der Waals surface area contributed by atoms with Crippen molar-refractivity contribution in [3.8, 4) is 0 Å². The average Bonchev–Trinajstić information content (AvgIpc) is 2.96. The van der Waals surface area contributed by atoms with Gasteiger partial charge in [-0.15, -0.1) is 0 Å². The standard InChI is InChI=1S/C23H29ClFN3O2/c1-15-13-17(16(2)28(15)23(3,4)5)20(29)14-26-9-11-27(12-10-26)22(30)21-18(24)7-6-8-19(21)25/h6-8,13H,9-12,14H2,1-5H3. The summed E-state index contributed by atoms with van der Waals surface area (Å²) < 4.78 is 16.2. The van der Waals surface area contributed by atoms with Gasteiger partial charge in [0.05, 0.1) is 17.1 Å². The molecule has 1 aromatic heterocycles. The second-order valence-corrected chi connectivity index (χ2v) is 9.29. The first-order valence-corrected chi connectivity index (χ1v) is 10.6. The Morgan fingerprint density at radius 1 is 1.10 bits per heavy atom. The number of carbonyl (C=O) groups is 2. The predicted octanol–water partition coefficient (Wildman–Crippen LogP) is 4.29. The fourth-order valence-corrected chi connectivity index (χ4v) is 4.58. The number of ketones is 1. The van der Waals surface area contributed by atoms with Crippen molar-refractivity contribution in [2.24, 2.45) is 0 Å². The topological polar surface area (TPSA) is 45.6 Å². The molecule has 0 radical (unpaired) electrons. The van der Waals surface area contributed by atoms with Crippen molar-refractivity contribution < 1.29 is 14.0 Å². The highest BCUT2D eigenvalue weighted by molar-refractivity contribution is 6.33. The van der Waals surface area contributed by atoms with Crippen LogP contribution < -0.4 is 0 Å². The van der Waals surface area contributed by atoms with Gasteiger partial charge in [0.15, 0.2) is 5.78 Å². The number of benzene rings is 1. The number of aromatic nitrogens is 1. The van der Waals surface area contributed by atoms with Crippen molar-refractivity contribution in [1.82, 2.24) is 14.4 Å². The van der Waals surface area contributed by atoms with Crippen LogP contribution in [0, 0.1) is 19.7 Å². The molecule has 1 fully saturated rings. The summed E-state index contributed by atoms with van der Waals surface area (Å²) in [5.74, 6) is -0.937. The number of halogens is 2. The van der Waals surface area contributed by atoms with E-state index in [2.05, 4.69) is 25.3 Å². The summed E-state index contributed by atoms with van der Waals surface area (Å²) in [5, 5.41) is 0.117. The Labute approximate surface area is 182 Å². The Balaban J connectivity index is 1.64. The van der Waals surface area contributed by atoms with Gasteiger partial charge in [0.2, 0.25) is 0 Å². The minimum absolute atomic E-state index is 0.0792. The SMILES string of the molecule is Cc1cc(C(=O)CN2CCN(C(=O)c3c(F)cccc3Cl)CC2)c(C)n1C(C)(C)C. The zero-order chi connectivity index (χ0) is 22.2. The number of nitrogens with zero attached hydrogens (tertiary/aromatic N) is 3. The second-order valence-electron chi connectivity index (χ2n) is 8.88. The fourth-order valence-electron chi connectivity index (χ4n) is 4.33. The van der Waals surface area contributed by atoms with Crippen molar-refractivity contribution in [3.63, 3.8) is 0 Å². The molecule has 5 nitrogen and oxygen atoms in total. The van der Waals surface area contributed by atoms with E-state index in [4.69, 9.17) is 11.6 Å². The van der Waals surface area contributed by atoms with E-state index in [0.717, 1.165) is 17.0 Å². The first-order chi connectivity index (χ1) is 14.0. The molecule has 0 saturated carbocycles. The Hall–Kier alpha value is -2.18. The summed E-state index contributed by atoms with van der Waals surface area (Å²) in [6, 6.07) is 6.19. The van der Waals surface area contributed by atoms with Gasteiger partial charge in [-0.05, 0) is 52.8 Å². The van der Waals surface area contributed by atoms with Gasteiger partial charge in [-0.1, -0.05) is 17.7 Å². The summed E-state index contributed by atoms with van der Waals surface area (Å²) in [5.41, 5.74) is 2.62. The summed E-state index contributed by atoms with van der Waals surface area (Å²) in [4.78, 5) is 29.3. The van der Waals surface area contributed by atoms with Gasteiger partial charge >= 0.3 is 0 Å². The third kappa shape index (κ3) is 4.44. The van der Waals surface area contributed by atoms with Gasteiger partial charge in [0.1, 0.15) is 5.82 Å². The minimum atomic E-state index is -0.612. The highest BCUT2D eigenvalue weighted by atomic mass is 35.5. The van der Waals surface area contributed by atoms with E-state index in [9.17, 15) is 14.0 Å². The van der Waals surface area contributed by atoms with E-state index in [1.54, 1.807) is 4.90 Å². The van der Waals surface area contributed by atoms with Crippen LogP contribution in [0.3, 0.4) is 0 Å². The van der Waals surface area contributed by atoms with E-state index >= 15 is 0 Å². The van der Waals surface area contributed by atoms with Crippen molar-refractivity contribution in [2.75, 3.05) is 32.7 Å². The summed E-state index contributed by atoms with van der Waals surface area (Å²) in [7, 11) is 0. The largest absolute Gasteiger partial charge is 0.343 e. The Morgan fingerprint density at radius 3 is 2.27 bits per heavy atom. The van der Waals surface area contributed by atoms with E-state index < -0.39 is 11.7 Å². The lowest BCUT2D eigenvalue weighted by atomic mass is 10.1. The molecule has 0 aliphatic carbocycles. The van der Waals surface area contributed by atoms with Crippen LogP contribution in [0.1, 0.15) is 52.9 Å². The lowest BCUT2D eigenvalue weighted by Crippen LogP contribution is -2.50. The molecule has 1 aliphatic heterocycles. The van der Waals surface area contributed by atoms with Crippen LogP contribution in [0.4, 0.5) is 4.39 Å². The number of aryl methyl sites for hydroxylation is 1. The first kappa shape index (κ1) is 22.5. The van der Waals surface area contributed by atoms with Gasteiger partial charge in [0.25, 0.3) is 5.91 Å². The number of hydrogen-bond donors (Lipinski definition) is 0. The molecule has 162 valence electrons. The Bertz CT molecular complexity index is 949. The average molecular weight is 434 g/mol. The summed E-state index contributed by atoms with van der Waals surface area (Å²) >= 11 is 6.03. The predicted molar refractivity (Wildman–Crippen MR) is 117 cm³/mol. The smallest absolute Gasteiger partial charge is 0.258 e. The third-order valence-corrected chi connectivity index (χ3v) is 5.92. The number of hydrogen-bond acceptors (Lipinski definition) is 3. The number of carbonyl (C=O) groups excluding carboxylic acids is 2. The fraction of sp³-hybridized carbons (Fsp3) is 0.478. The molecule has 1 aromatic carbocycles. The van der Waals surface area contributed by atoms with E-state index in [1.165, 1.54) is 18.2 Å². The molecule has 1 saturated heterocycles. The van der Waals surface area contributed by atoms with Crippen LogP contribution in [-0.4, -0.2) is 58.8 Å². The molecule has 1 amide bonds. The highest BCUT2D eigenvalue weighted by Gasteiger charge is 2.28. The Kier molecular flexibility index (Phi) is 6.39. The maximum Gasteiger partial charge on any atom is 0.258 e. The minimum Gasteiger partial charge on any atom is -0.343 e. The van der Waals surface area contributed by atoms with Crippen molar-refractivity contribution >= 4 is 23.3 Å². The van der Waals surface area contributed by atoms with Crippen LogP contribution in [0.15, 0.2) is 24.3 Å². The van der Waals surface area contributed by atoms with Crippen molar-refractivity contribution in [3.05, 3.63) is 57.6 Å². The molecule has 0 spiro atoms. The summed E-state index contributed by atoms with van der Waals surface area (Å²) in [6.07, 6.45) is 0. The zero-order valence-electron chi connectivity index (χ0n) is 18.3. The van der Waals surface area contributed by atoms with Crippen LogP contribution in [0.25, 0.3) is 0 Å². The molecule has 30 heavy (non-hydrogen) atoms. The molecular formula is C23H29ClFN3O2.